The molecular weight excluding hydrogens is 684 g/mol. The lowest BCUT2D eigenvalue weighted by Crippen LogP contribution is -2.68. The van der Waals surface area contributed by atoms with Crippen molar-refractivity contribution in [3.63, 3.8) is 0 Å². The van der Waals surface area contributed by atoms with E-state index < -0.39 is 66.5 Å². The van der Waals surface area contributed by atoms with Gasteiger partial charge in [-0.25, -0.2) is 0 Å². The van der Waals surface area contributed by atoms with Gasteiger partial charge in [-0.1, -0.05) is 34.6 Å². The van der Waals surface area contributed by atoms with Crippen molar-refractivity contribution in [1.82, 2.24) is 0 Å². The van der Waals surface area contributed by atoms with Crippen molar-refractivity contribution < 1.29 is 59.4 Å². The molecule has 12 heteroatoms. The molecule has 0 radical (unpaired) electrons. The minimum absolute atomic E-state index is 0.0517. The van der Waals surface area contributed by atoms with Gasteiger partial charge in [0.1, 0.15) is 36.6 Å². The molecule has 12 nitrogen and oxygen atoms in total. The maximum absolute atomic E-state index is 11.2. The maximum atomic E-state index is 11.2. The van der Waals surface area contributed by atoms with E-state index in [-0.39, 0.29) is 70.3 Å². The SMILES string of the molecule is C[C@H]1O[C@@H](O[C@@H]2C[C@@H]3[C@@]4(C)CC[C@H](O[C@@H]5OC[C@H](O)[C@H](O)[C@H]5O)C(C)(C)[C@@H]4CC[C@@]3(C)[C@]3(C)CC[C@H]([C@]4(C)CC[C@H](C(C)(C)O)O4)[C@@H]23)[C@H](O)[C@@H](O)[C@@H]1O. The molecule has 7 rings (SSSR count). The fourth-order valence-electron chi connectivity index (χ4n) is 13.8. The molecule has 3 aliphatic heterocycles. The Bertz CT molecular complexity index is 1340. The van der Waals surface area contributed by atoms with E-state index >= 15 is 0 Å². The maximum Gasteiger partial charge on any atom is 0.186 e. The summed E-state index contributed by atoms with van der Waals surface area (Å²) in [6.45, 7) is 19.4. The van der Waals surface area contributed by atoms with Crippen LogP contribution in [0.4, 0.5) is 0 Å². The predicted octanol–water partition coefficient (Wildman–Crippen LogP) is 3.03. The molecule has 0 amide bonds. The van der Waals surface area contributed by atoms with Gasteiger partial charge in [-0.2, -0.15) is 0 Å². The lowest BCUT2D eigenvalue weighted by atomic mass is 9.35. The molecule has 4 saturated carbocycles. The summed E-state index contributed by atoms with van der Waals surface area (Å²) >= 11 is 0. The zero-order chi connectivity index (χ0) is 38.8. The minimum atomic E-state index is -1.41. The predicted molar refractivity (Wildman–Crippen MR) is 193 cm³/mol. The lowest BCUT2D eigenvalue weighted by Gasteiger charge is -2.71. The average molecular weight is 755 g/mol. The lowest BCUT2D eigenvalue weighted by molar-refractivity contribution is -0.335. The normalized spacial score (nSPS) is 57.1. The molecule has 7 aliphatic rings. The van der Waals surface area contributed by atoms with Gasteiger partial charge in [0, 0.05) is 0 Å². The van der Waals surface area contributed by atoms with Crippen LogP contribution in [-0.4, -0.2) is 127 Å². The molecule has 7 N–H and O–H groups in total. The van der Waals surface area contributed by atoms with Crippen LogP contribution in [0.15, 0.2) is 0 Å². The van der Waals surface area contributed by atoms with E-state index in [1.54, 1.807) is 6.92 Å². The second kappa shape index (κ2) is 13.5. The molecule has 3 heterocycles. The highest BCUT2D eigenvalue weighted by Crippen LogP contribution is 2.76. The monoisotopic (exact) mass is 754 g/mol. The summed E-state index contributed by atoms with van der Waals surface area (Å²) in [7, 11) is 0. The van der Waals surface area contributed by atoms with E-state index in [2.05, 4.69) is 41.5 Å². The Morgan fingerprint density at radius 1 is 0.679 bits per heavy atom. The molecule has 0 spiro atoms. The number of fused-ring (bicyclic) bond motifs is 5. The third-order valence-corrected chi connectivity index (χ3v) is 17.1. The molecule has 3 saturated heterocycles. The first-order valence-corrected chi connectivity index (χ1v) is 20.6. The van der Waals surface area contributed by atoms with Crippen LogP contribution in [0.25, 0.3) is 0 Å². The van der Waals surface area contributed by atoms with Crippen molar-refractivity contribution in [3.8, 4) is 0 Å². The summed E-state index contributed by atoms with van der Waals surface area (Å²) in [5.41, 5.74) is -2.06. The molecule has 0 unspecified atom stereocenters. The molecule has 0 aromatic carbocycles. The van der Waals surface area contributed by atoms with Crippen molar-refractivity contribution in [2.75, 3.05) is 6.61 Å². The van der Waals surface area contributed by atoms with Crippen molar-refractivity contribution in [2.45, 2.75) is 205 Å². The van der Waals surface area contributed by atoms with Crippen molar-refractivity contribution in [3.05, 3.63) is 0 Å². The minimum Gasteiger partial charge on any atom is -0.388 e. The summed E-state index contributed by atoms with van der Waals surface area (Å²) in [4.78, 5) is 0. The number of hydrogen-bond acceptors (Lipinski definition) is 12. The molecule has 53 heavy (non-hydrogen) atoms. The topological polar surface area (TPSA) is 188 Å². The van der Waals surface area contributed by atoms with Crippen LogP contribution in [-0.2, 0) is 23.7 Å². The molecule has 306 valence electrons. The summed E-state index contributed by atoms with van der Waals surface area (Å²) in [5, 5.41) is 74.7. The van der Waals surface area contributed by atoms with Crippen LogP contribution in [0.2, 0.25) is 0 Å². The van der Waals surface area contributed by atoms with Gasteiger partial charge in [-0.05, 0) is 131 Å². The molecule has 0 aromatic rings. The summed E-state index contributed by atoms with van der Waals surface area (Å²) in [6.07, 6.45) is -3.59. The summed E-state index contributed by atoms with van der Waals surface area (Å²) in [6, 6.07) is 0. The zero-order valence-corrected chi connectivity index (χ0v) is 33.5. The van der Waals surface area contributed by atoms with Gasteiger partial charge in [0.2, 0.25) is 0 Å². The molecule has 7 fully saturated rings. The van der Waals surface area contributed by atoms with Crippen molar-refractivity contribution >= 4 is 0 Å². The Kier molecular flexibility index (Phi) is 10.4. The van der Waals surface area contributed by atoms with Crippen LogP contribution in [0, 0.1) is 45.3 Å². The number of aliphatic hydroxyl groups excluding tert-OH is 6. The zero-order valence-electron chi connectivity index (χ0n) is 33.5. The standard InChI is InChI=1S/C41H70O12/c1-20-29(43)31(45)33(47)35(50-20)51-23-18-25-38(6)14-12-26(52-34-32(46)30(44)22(42)19-49-34)36(2,3)24(38)11-16-39(25,7)40(8)15-10-21(28(23)40)41(9)17-13-27(53-41)37(4,5)48/h20-35,42-48H,10-19H2,1-9H3/t20-,21+,22+,23-,24+,25-,26+,27-,28+,29-,30+,31+,32-,33-,34+,35+,38+,39-,40-,41+/m1/s1. The van der Waals surface area contributed by atoms with Crippen molar-refractivity contribution in [1.29, 1.82) is 0 Å². The van der Waals surface area contributed by atoms with Gasteiger partial charge in [0.05, 0.1) is 42.2 Å². The van der Waals surface area contributed by atoms with Gasteiger partial charge in [-0.3, -0.25) is 0 Å². The van der Waals surface area contributed by atoms with E-state index in [1.807, 2.05) is 13.8 Å². The van der Waals surface area contributed by atoms with Crippen molar-refractivity contribution in [2.24, 2.45) is 45.3 Å². The Hall–Kier alpha value is -0.480. The van der Waals surface area contributed by atoms with Gasteiger partial charge < -0.3 is 59.4 Å². The van der Waals surface area contributed by atoms with E-state index in [0.29, 0.717) is 0 Å². The van der Waals surface area contributed by atoms with Gasteiger partial charge in [0.25, 0.3) is 0 Å². The fourth-order valence-corrected chi connectivity index (χ4v) is 13.8. The number of hydrogen-bond donors (Lipinski definition) is 7. The summed E-state index contributed by atoms with van der Waals surface area (Å²) in [5.74, 6) is 0.697. The molecule has 4 aliphatic carbocycles. The highest BCUT2D eigenvalue weighted by atomic mass is 16.7. The Balaban J connectivity index is 1.22. The highest BCUT2D eigenvalue weighted by Gasteiger charge is 2.73. The molecular formula is C41H70O12. The summed E-state index contributed by atoms with van der Waals surface area (Å²) < 4.78 is 32.2. The highest BCUT2D eigenvalue weighted by molar-refractivity contribution is 5.21. The Morgan fingerprint density at radius 2 is 1.34 bits per heavy atom. The number of rotatable bonds is 6. The van der Waals surface area contributed by atoms with Crippen LogP contribution in [0.3, 0.4) is 0 Å². The molecule has 0 bridgehead atoms. The fraction of sp³-hybridized carbons (Fsp3) is 1.00. The largest absolute Gasteiger partial charge is 0.388 e. The van der Waals surface area contributed by atoms with Crippen LogP contribution >= 0.6 is 0 Å². The van der Waals surface area contributed by atoms with Crippen LogP contribution < -0.4 is 0 Å². The molecule has 0 aromatic heterocycles. The number of ether oxygens (including phenoxy) is 5. The van der Waals surface area contributed by atoms with Gasteiger partial charge in [-0.15, -0.1) is 0 Å². The second-order valence-corrected chi connectivity index (χ2v) is 20.6. The first-order valence-electron chi connectivity index (χ1n) is 20.6. The average Bonchev–Trinajstić information content (AvgIpc) is 3.67. The first-order chi connectivity index (χ1) is 24.5. The van der Waals surface area contributed by atoms with E-state index in [4.69, 9.17) is 23.7 Å². The molecule has 20 atom stereocenters. The Labute approximate surface area is 315 Å². The third-order valence-electron chi connectivity index (χ3n) is 17.1. The van der Waals surface area contributed by atoms with Gasteiger partial charge in [0.15, 0.2) is 12.6 Å². The van der Waals surface area contributed by atoms with E-state index in [0.717, 1.165) is 57.8 Å². The van der Waals surface area contributed by atoms with E-state index in [1.165, 1.54) is 0 Å². The smallest absolute Gasteiger partial charge is 0.186 e. The van der Waals surface area contributed by atoms with Crippen LogP contribution in [0.1, 0.15) is 120 Å². The van der Waals surface area contributed by atoms with E-state index in [9.17, 15) is 35.7 Å². The third kappa shape index (κ3) is 6.22. The van der Waals surface area contributed by atoms with Gasteiger partial charge >= 0.3 is 0 Å². The van der Waals surface area contributed by atoms with Crippen LogP contribution in [0.5, 0.6) is 0 Å². The Morgan fingerprint density at radius 3 is 2.00 bits per heavy atom. The first kappa shape index (κ1) is 40.7. The second-order valence-electron chi connectivity index (χ2n) is 20.6. The number of aliphatic hydroxyl groups is 7. The quantitative estimate of drug-likeness (QED) is 0.197.